The molecule has 0 saturated carbocycles. The van der Waals surface area contributed by atoms with E-state index in [0.717, 1.165) is 17.1 Å². The van der Waals surface area contributed by atoms with Gasteiger partial charge in [-0.05, 0) is 42.8 Å². The van der Waals surface area contributed by atoms with E-state index in [2.05, 4.69) is 35.4 Å². The molecule has 0 radical (unpaired) electrons. The molecule has 1 amide bonds. The summed E-state index contributed by atoms with van der Waals surface area (Å²) in [4.78, 5) is 27.4. The number of carbonyl (C=O) groups excluding carboxylic acids is 1. The molecule has 33 heavy (non-hydrogen) atoms. The number of carbonyl (C=O) groups is 1. The molecule has 4 aromatic rings. The van der Waals surface area contributed by atoms with Crippen molar-refractivity contribution in [2.24, 2.45) is 0 Å². The van der Waals surface area contributed by atoms with Crippen molar-refractivity contribution in [1.29, 1.82) is 0 Å². The van der Waals surface area contributed by atoms with Crippen LogP contribution in [0.4, 0.5) is 5.82 Å². The normalized spacial score (nSPS) is 15.2. The largest absolute Gasteiger partial charge is 0.353 e. The van der Waals surface area contributed by atoms with Crippen LogP contribution in [-0.2, 0) is 4.79 Å². The topological polar surface area (TPSA) is 110 Å². The fourth-order valence-electron chi connectivity index (χ4n) is 4.01. The lowest BCUT2D eigenvalue weighted by Gasteiger charge is -2.37. The van der Waals surface area contributed by atoms with Crippen molar-refractivity contribution in [1.82, 2.24) is 44.7 Å². The fourth-order valence-corrected chi connectivity index (χ4v) is 4.14. The highest BCUT2D eigenvalue weighted by atomic mass is 35.5. The molecule has 12 heteroatoms. The number of halogens is 1. The second-order valence-electron chi connectivity index (χ2n) is 7.90. The Hall–Kier alpha value is -3.60. The minimum atomic E-state index is -0.504. The van der Waals surface area contributed by atoms with E-state index in [0.29, 0.717) is 49.2 Å². The van der Waals surface area contributed by atoms with Crippen molar-refractivity contribution in [3.63, 3.8) is 0 Å². The Morgan fingerprint density at radius 1 is 1.15 bits per heavy atom. The lowest BCUT2D eigenvalue weighted by atomic mass is 10.2. The summed E-state index contributed by atoms with van der Waals surface area (Å²) in [5.41, 5.74) is 1.68. The van der Waals surface area contributed by atoms with Crippen molar-refractivity contribution in [3.8, 4) is 11.4 Å². The Morgan fingerprint density at radius 3 is 2.64 bits per heavy atom. The first kappa shape index (κ1) is 21.3. The zero-order chi connectivity index (χ0) is 22.9. The molecule has 1 unspecified atom stereocenters. The number of tetrazole rings is 1. The van der Waals surface area contributed by atoms with Gasteiger partial charge in [-0.2, -0.15) is 19.4 Å². The van der Waals surface area contributed by atoms with Gasteiger partial charge in [0.1, 0.15) is 12.1 Å². The predicted molar refractivity (Wildman–Crippen MR) is 122 cm³/mol. The lowest BCUT2D eigenvalue weighted by Crippen LogP contribution is -2.51. The molecule has 1 aromatic carbocycles. The molecule has 3 aromatic heterocycles. The number of piperazine rings is 1. The summed E-state index contributed by atoms with van der Waals surface area (Å²) in [5, 5.41) is 17.7. The number of fused-ring (bicyclic) bond motifs is 1. The second kappa shape index (κ2) is 8.74. The molecule has 0 aliphatic carbocycles. The third-order valence-corrected chi connectivity index (χ3v) is 6.01. The fraction of sp³-hybridized carbons (Fsp3) is 0.381. The van der Waals surface area contributed by atoms with Crippen LogP contribution in [0.25, 0.3) is 17.2 Å². The van der Waals surface area contributed by atoms with Gasteiger partial charge in [-0.3, -0.25) is 4.79 Å². The van der Waals surface area contributed by atoms with Crippen LogP contribution in [0.5, 0.6) is 0 Å². The number of benzene rings is 1. The monoisotopic (exact) mass is 466 g/mol. The van der Waals surface area contributed by atoms with E-state index in [1.54, 1.807) is 16.6 Å². The van der Waals surface area contributed by atoms with Gasteiger partial charge in [0.15, 0.2) is 6.04 Å². The first-order valence-corrected chi connectivity index (χ1v) is 11.2. The molecule has 1 aliphatic heterocycles. The van der Waals surface area contributed by atoms with Crippen LogP contribution in [0.2, 0.25) is 5.02 Å². The number of nitrogens with zero attached hydrogens (tertiary/aromatic N) is 10. The van der Waals surface area contributed by atoms with Crippen molar-refractivity contribution in [2.45, 2.75) is 26.3 Å². The van der Waals surface area contributed by atoms with E-state index in [1.807, 2.05) is 36.9 Å². The molecule has 1 fully saturated rings. The number of hydrogen-bond acceptors (Lipinski definition) is 8. The maximum atomic E-state index is 13.3. The minimum absolute atomic E-state index is 0.00554. The number of aryl methyl sites for hydroxylation is 1. The standard InChI is InChI=1S/C21H23ClN10O/c1-3-17(32-27-19(26-28-32)15-4-6-16(22)7-5-15)20(33)30-10-8-29(9-11-30)18-12-14(2)25-21-23-13-24-31(18)21/h4-7,12-13,17H,3,8-11H2,1-2H3. The summed E-state index contributed by atoms with van der Waals surface area (Å²) in [6, 6.07) is 8.70. The average Bonchev–Trinajstić information content (AvgIpc) is 3.50. The first-order chi connectivity index (χ1) is 16.0. The van der Waals surface area contributed by atoms with Crippen LogP contribution in [0.15, 0.2) is 36.7 Å². The maximum Gasteiger partial charge on any atom is 0.254 e. The first-order valence-electron chi connectivity index (χ1n) is 10.8. The highest BCUT2D eigenvalue weighted by Crippen LogP contribution is 2.22. The molecule has 0 bridgehead atoms. The van der Waals surface area contributed by atoms with Crippen molar-refractivity contribution in [2.75, 3.05) is 31.1 Å². The summed E-state index contributed by atoms with van der Waals surface area (Å²) in [5.74, 6) is 1.96. The van der Waals surface area contributed by atoms with E-state index in [9.17, 15) is 4.79 Å². The summed E-state index contributed by atoms with van der Waals surface area (Å²) in [6.45, 7) is 6.43. The zero-order valence-corrected chi connectivity index (χ0v) is 19.1. The van der Waals surface area contributed by atoms with Gasteiger partial charge in [-0.1, -0.05) is 18.5 Å². The smallest absolute Gasteiger partial charge is 0.254 e. The van der Waals surface area contributed by atoms with Gasteiger partial charge in [0.2, 0.25) is 11.7 Å². The van der Waals surface area contributed by atoms with Crippen LogP contribution in [0.3, 0.4) is 0 Å². The molecule has 0 spiro atoms. The molecule has 5 rings (SSSR count). The van der Waals surface area contributed by atoms with Crippen LogP contribution in [0.1, 0.15) is 25.1 Å². The second-order valence-corrected chi connectivity index (χ2v) is 8.34. The minimum Gasteiger partial charge on any atom is -0.353 e. The van der Waals surface area contributed by atoms with Crippen LogP contribution in [-0.4, -0.2) is 76.8 Å². The molecule has 11 nitrogen and oxygen atoms in total. The number of aromatic nitrogens is 8. The molecule has 1 saturated heterocycles. The van der Waals surface area contributed by atoms with Gasteiger partial charge in [0.25, 0.3) is 5.78 Å². The molecule has 1 aliphatic rings. The number of rotatable bonds is 5. The third-order valence-electron chi connectivity index (χ3n) is 5.76. The van der Waals surface area contributed by atoms with Gasteiger partial charge in [0.05, 0.1) is 0 Å². The highest BCUT2D eigenvalue weighted by Gasteiger charge is 2.30. The molecule has 0 N–H and O–H groups in total. The van der Waals surface area contributed by atoms with E-state index in [4.69, 9.17) is 11.6 Å². The lowest BCUT2D eigenvalue weighted by molar-refractivity contribution is -0.135. The summed E-state index contributed by atoms with van der Waals surface area (Å²) >= 11 is 5.96. The molecular weight excluding hydrogens is 444 g/mol. The Bertz CT molecular complexity index is 1280. The average molecular weight is 467 g/mol. The van der Waals surface area contributed by atoms with Crippen LogP contribution in [0, 0.1) is 6.92 Å². The molecular formula is C21H23ClN10O. The van der Waals surface area contributed by atoms with Crippen LogP contribution >= 0.6 is 11.6 Å². The molecule has 1 atom stereocenters. The van der Waals surface area contributed by atoms with Crippen molar-refractivity contribution in [3.05, 3.63) is 47.4 Å². The Morgan fingerprint density at radius 2 is 1.91 bits per heavy atom. The van der Waals surface area contributed by atoms with Crippen LogP contribution < -0.4 is 4.90 Å². The SMILES string of the molecule is CCC(C(=O)N1CCN(c2cc(C)nc3ncnn23)CC1)n1nnc(-c2ccc(Cl)cc2)n1. The summed E-state index contributed by atoms with van der Waals surface area (Å²) < 4.78 is 1.73. The van der Waals surface area contributed by atoms with Gasteiger partial charge in [-0.15, -0.1) is 10.2 Å². The van der Waals surface area contributed by atoms with Crippen molar-refractivity contribution >= 4 is 29.1 Å². The number of amides is 1. The Kier molecular flexibility index (Phi) is 5.63. The van der Waals surface area contributed by atoms with Gasteiger partial charge in [0, 0.05) is 48.5 Å². The maximum absolute atomic E-state index is 13.3. The zero-order valence-electron chi connectivity index (χ0n) is 18.3. The number of hydrogen-bond donors (Lipinski definition) is 0. The van der Waals surface area contributed by atoms with Crippen molar-refractivity contribution < 1.29 is 4.79 Å². The van der Waals surface area contributed by atoms with E-state index in [-0.39, 0.29) is 5.91 Å². The van der Waals surface area contributed by atoms with E-state index >= 15 is 0 Å². The van der Waals surface area contributed by atoms with Gasteiger partial charge in [-0.25, -0.2) is 4.98 Å². The van der Waals surface area contributed by atoms with Gasteiger partial charge >= 0.3 is 0 Å². The highest BCUT2D eigenvalue weighted by molar-refractivity contribution is 6.30. The Balaban J connectivity index is 1.29. The summed E-state index contributed by atoms with van der Waals surface area (Å²) in [6.07, 6.45) is 2.07. The van der Waals surface area contributed by atoms with E-state index in [1.165, 1.54) is 11.1 Å². The van der Waals surface area contributed by atoms with E-state index < -0.39 is 6.04 Å². The predicted octanol–water partition coefficient (Wildman–Crippen LogP) is 2.04. The number of anilines is 1. The Labute approximate surface area is 195 Å². The third kappa shape index (κ3) is 4.11. The summed E-state index contributed by atoms with van der Waals surface area (Å²) in [7, 11) is 0. The molecule has 170 valence electrons. The quantitative estimate of drug-likeness (QED) is 0.439. The van der Waals surface area contributed by atoms with Gasteiger partial charge < -0.3 is 9.80 Å². The molecule has 4 heterocycles.